The number of benzene rings is 1. The highest BCUT2D eigenvalue weighted by molar-refractivity contribution is 9.10. The van der Waals surface area contributed by atoms with E-state index in [4.69, 9.17) is 5.11 Å². The first-order valence-corrected chi connectivity index (χ1v) is 8.45. The summed E-state index contributed by atoms with van der Waals surface area (Å²) in [6, 6.07) is 2.61. The molecule has 7 heteroatoms. The van der Waals surface area contributed by atoms with Gasteiger partial charge in [-0.15, -0.1) is 0 Å². The number of carbonyl (C=O) groups is 1. The Morgan fingerprint density at radius 3 is 2.50 bits per heavy atom. The summed E-state index contributed by atoms with van der Waals surface area (Å²) in [5.41, 5.74) is 0.461. The fraction of sp³-hybridized carbons (Fsp3) is 0.462. The summed E-state index contributed by atoms with van der Waals surface area (Å²) in [5, 5.41) is 9.04. The molecule has 0 heterocycles. The molecule has 0 radical (unpaired) electrons. The standard InChI is InChI=1S/C13H18BrNO4S/c1-4-5-6-15(3)20(18,19)12-8-10(13(16)17)7-11(14)9(12)2/h7-8H,4-6H2,1-3H3,(H,16,17). The van der Waals surface area contributed by atoms with Crippen molar-refractivity contribution in [3.8, 4) is 0 Å². The molecule has 1 rings (SSSR count). The third-order valence-electron chi connectivity index (χ3n) is 3.06. The van der Waals surface area contributed by atoms with Crippen LogP contribution in [0.25, 0.3) is 0 Å². The molecule has 0 unspecified atom stereocenters. The van der Waals surface area contributed by atoms with Crippen molar-refractivity contribution in [1.29, 1.82) is 0 Å². The second kappa shape index (κ2) is 6.69. The molecule has 0 spiro atoms. The summed E-state index contributed by atoms with van der Waals surface area (Å²) >= 11 is 3.21. The fourth-order valence-corrected chi connectivity index (χ4v) is 3.78. The Balaban J connectivity index is 3.34. The second-order valence-electron chi connectivity index (χ2n) is 4.57. The summed E-state index contributed by atoms with van der Waals surface area (Å²) in [6.07, 6.45) is 1.65. The van der Waals surface area contributed by atoms with E-state index in [1.807, 2.05) is 6.92 Å². The van der Waals surface area contributed by atoms with Crippen molar-refractivity contribution in [3.63, 3.8) is 0 Å². The number of carboxylic acid groups (broad SMARTS) is 1. The first kappa shape index (κ1) is 17.1. The van der Waals surface area contributed by atoms with E-state index >= 15 is 0 Å². The van der Waals surface area contributed by atoms with Crippen LogP contribution >= 0.6 is 15.9 Å². The van der Waals surface area contributed by atoms with Gasteiger partial charge in [-0.25, -0.2) is 17.5 Å². The van der Waals surface area contributed by atoms with Crippen LogP contribution in [-0.2, 0) is 10.0 Å². The molecular weight excluding hydrogens is 346 g/mol. The van der Waals surface area contributed by atoms with Crippen molar-refractivity contribution >= 4 is 31.9 Å². The minimum Gasteiger partial charge on any atom is -0.478 e. The maximum atomic E-state index is 12.5. The van der Waals surface area contributed by atoms with E-state index in [0.717, 1.165) is 12.8 Å². The Kier molecular flexibility index (Phi) is 5.73. The SMILES string of the molecule is CCCCN(C)S(=O)(=O)c1cc(C(=O)O)cc(Br)c1C. The smallest absolute Gasteiger partial charge is 0.335 e. The van der Waals surface area contributed by atoms with Gasteiger partial charge in [-0.3, -0.25) is 0 Å². The van der Waals surface area contributed by atoms with Gasteiger partial charge in [0.05, 0.1) is 10.5 Å². The van der Waals surface area contributed by atoms with Crippen LogP contribution in [-0.4, -0.2) is 37.4 Å². The molecule has 20 heavy (non-hydrogen) atoms. The third-order valence-corrected chi connectivity index (χ3v) is 5.87. The van der Waals surface area contributed by atoms with Gasteiger partial charge in [0, 0.05) is 18.1 Å². The molecule has 1 aromatic rings. The number of rotatable bonds is 6. The van der Waals surface area contributed by atoms with Gasteiger partial charge in [0.15, 0.2) is 0 Å². The highest BCUT2D eigenvalue weighted by Crippen LogP contribution is 2.27. The lowest BCUT2D eigenvalue weighted by atomic mass is 10.1. The molecule has 0 bridgehead atoms. The molecule has 0 aliphatic rings. The molecule has 5 nitrogen and oxygen atoms in total. The normalized spacial score (nSPS) is 11.8. The van der Waals surface area contributed by atoms with Crippen molar-refractivity contribution in [3.05, 3.63) is 27.7 Å². The van der Waals surface area contributed by atoms with Crippen LogP contribution in [0, 0.1) is 6.92 Å². The van der Waals surface area contributed by atoms with Gasteiger partial charge < -0.3 is 5.11 Å². The Bertz CT molecular complexity index is 613. The molecule has 0 saturated carbocycles. The number of unbranched alkanes of at least 4 members (excludes halogenated alkanes) is 1. The Labute approximate surface area is 127 Å². The minimum absolute atomic E-state index is 0.0304. The zero-order valence-electron chi connectivity index (χ0n) is 11.7. The summed E-state index contributed by atoms with van der Waals surface area (Å²) < 4.78 is 26.7. The average molecular weight is 364 g/mol. The third kappa shape index (κ3) is 3.59. The van der Waals surface area contributed by atoms with Gasteiger partial charge in [-0.1, -0.05) is 29.3 Å². The van der Waals surface area contributed by atoms with Crippen LogP contribution in [0.3, 0.4) is 0 Å². The number of sulfonamides is 1. The first-order valence-electron chi connectivity index (χ1n) is 6.21. The van der Waals surface area contributed by atoms with Crippen molar-refractivity contribution in [2.24, 2.45) is 0 Å². The van der Waals surface area contributed by atoms with Crippen LogP contribution in [0.1, 0.15) is 35.7 Å². The van der Waals surface area contributed by atoms with Gasteiger partial charge in [0.25, 0.3) is 0 Å². The summed E-state index contributed by atoms with van der Waals surface area (Å²) in [6.45, 7) is 4.04. The molecule has 1 aromatic carbocycles. The molecule has 0 atom stereocenters. The average Bonchev–Trinajstić information content (AvgIpc) is 2.38. The Hall–Kier alpha value is -0.920. The van der Waals surface area contributed by atoms with E-state index in [1.54, 1.807) is 6.92 Å². The fourth-order valence-electron chi connectivity index (χ4n) is 1.71. The molecule has 0 aliphatic heterocycles. The zero-order valence-corrected chi connectivity index (χ0v) is 14.1. The van der Waals surface area contributed by atoms with Crippen molar-refractivity contribution < 1.29 is 18.3 Å². The van der Waals surface area contributed by atoms with E-state index in [1.165, 1.54) is 23.5 Å². The van der Waals surface area contributed by atoms with Crippen LogP contribution in [0.4, 0.5) is 0 Å². The van der Waals surface area contributed by atoms with Gasteiger partial charge in [0.2, 0.25) is 10.0 Å². The number of carboxylic acids is 1. The largest absolute Gasteiger partial charge is 0.478 e. The van der Waals surface area contributed by atoms with E-state index in [-0.39, 0.29) is 10.5 Å². The summed E-state index contributed by atoms with van der Waals surface area (Å²) in [7, 11) is -2.17. The predicted molar refractivity (Wildman–Crippen MR) is 80.6 cm³/mol. The number of aromatic carboxylic acids is 1. The molecule has 0 aromatic heterocycles. The Morgan fingerprint density at radius 1 is 1.40 bits per heavy atom. The molecule has 0 fully saturated rings. The van der Waals surface area contributed by atoms with Crippen molar-refractivity contribution in [2.45, 2.75) is 31.6 Å². The predicted octanol–water partition coefficient (Wildman–Crippen LogP) is 2.88. The second-order valence-corrected chi connectivity index (χ2v) is 7.43. The number of hydrogen-bond donors (Lipinski definition) is 1. The molecule has 0 saturated heterocycles. The lowest BCUT2D eigenvalue weighted by Crippen LogP contribution is -2.28. The number of nitrogens with zero attached hydrogens (tertiary/aromatic N) is 1. The molecule has 0 aliphatic carbocycles. The van der Waals surface area contributed by atoms with Gasteiger partial charge in [-0.2, -0.15) is 0 Å². The zero-order chi connectivity index (χ0) is 15.5. The lowest BCUT2D eigenvalue weighted by molar-refractivity contribution is 0.0696. The van der Waals surface area contributed by atoms with Gasteiger partial charge >= 0.3 is 5.97 Å². The van der Waals surface area contributed by atoms with E-state index in [2.05, 4.69) is 15.9 Å². The van der Waals surface area contributed by atoms with Crippen LogP contribution < -0.4 is 0 Å². The number of hydrogen-bond acceptors (Lipinski definition) is 3. The molecular formula is C13H18BrNO4S. The maximum Gasteiger partial charge on any atom is 0.335 e. The van der Waals surface area contributed by atoms with Gasteiger partial charge in [0.1, 0.15) is 0 Å². The van der Waals surface area contributed by atoms with E-state index in [0.29, 0.717) is 16.6 Å². The first-order chi connectivity index (χ1) is 9.21. The summed E-state index contributed by atoms with van der Waals surface area (Å²) in [4.78, 5) is 11.1. The van der Waals surface area contributed by atoms with Crippen molar-refractivity contribution in [1.82, 2.24) is 4.31 Å². The molecule has 112 valence electrons. The minimum atomic E-state index is -3.68. The highest BCUT2D eigenvalue weighted by atomic mass is 79.9. The maximum absolute atomic E-state index is 12.5. The lowest BCUT2D eigenvalue weighted by Gasteiger charge is -2.19. The number of halogens is 1. The highest BCUT2D eigenvalue weighted by Gasteiger charge is 2.25. The van der Waals surface area contributed by atoms with Crippen LogP contribution in [0.2, 0.25) is 0 Å². The topological polar surface area (TPSA) is 74.7 Å². The quantitative estimate of drug-likeness (QED) is 0.842. The van der Waals surface area contributed by atoms with Crippen LogP contribution in [0.5, 0.6) is 0 Å². The van der Waals surface area contributed by atoms with E-state index < -0.39 is 16.0 Å². The van der Waals surface area contributed by atoms with Crippen LogP contribution in [0.15, 0.2) is 21.5 Å². The molecule has 0 amide bonds. The van der Waals surface area contributed by atoms with E-state index in [9.17, 15) is 13.2 Å². The summed E-state index contributed by atoms with van der Waals surface area (Å²) in [5.74, 6) is -1.15. The monoisotopic (exact) mass is 363 g/mol. The van der Waals surface area contributed by atoms with Gasteiger partial charge in [-0.05, 0) is 31.0 Å². The van der Waals surface area contributed by atoms with Crippen molar-refractivity contribution in [2.75, 3.05) is 13.6 Å². The Morgan fingerprint density at radius 2 is 2.00 bits per heavy atom. The molecule has 1 N–H and O–H groups in total.